The van der Waals surface area contributed by atoms with Gasteiger partial charge in [-0.1, -0.05) is 6.07 Å². The van der Waals surface area contributed by atoms with E-state index in [9.17, 15) is 4.79 Å². The highest BCUT2D eigenvalue weighted by Gasteiger charge is 2.22. The van der Waals surface area contributed by atoms with Crippen LogP contribution in [0.5, 0.6) is 0 Å². The van der Waals surface area contributed by atoms with Crippen LogP contribution < -0.4 is 10.9 Å². The summed E-state index contributed by atoms with van der Waals surface area (Å²) in [6.07, 6.45) is 5.57. The molecular formula is C22H24N6O. The number of hydrogen-bond acceptors (Lipinski definition) is 5. The van der Waals surface area contributed by atoms with Gasteiger partial charge in [0.15, 0.2) is 5.65 Å². The summed E-state index contributed by atoms with van der Waals surface area (Å²) in [6.45, 7) is 7.06. The van der Waals surface area contributed by atoms with Crippen LogP contribution in [0.4, 0.5) is 0 Å². The number of fused-ring (bicyclic) bond motifs is 2. The van der Waals surface area contributed by atoms with Crippen LogP contribution in [0.2, 0.25) is 0 Å². The summed E-state index contributed by atoms with van der Waals surface area (Å²) in [5.41, 5.74) is 4.67. The van der Waals surface area contributed by atoms with Gasteiger partial charge in [0.2, 0.25) is 0 Å². The first kappa shape index (κ1) is 18.0. The molecule has 0 spiro atoms. The van der Waals surface area contributed by atoms with Crippen molar-refractivity contribution in [3.05, 3.63) is 58.3 Å². The van der Waals surface area contributed by atoms with Crippen molar-refractivity contribution in [2.24, 2.45) is 0 Å². The van der Waals surface area contributed by atoms with Crippen molar-refractivity contribution in [1.29, 1.82) is 0 Å². The van der Waals surface area contributed by atoms with E-state index in [-0.39, 0.29) is 11.6 Å². The number of nitrogens with zero attached hydrogens (tertiary/aromatic N) is 5. The molecule has 0 saturated carbocycles. The minimum Gasteiger partial charge on any atom is -0.314 e. The summed E-state index contributed by atoms with van der Waals surface area (Å²) in [7, 11) is 0. The molecule has 2 atom stereocenters. The number of hydrogen-bond donors (Lipinski definition) is 1. The van der Waals surface area contributed by atoms with Gasteiger partial charge >= 0.3 is 0 Å². The number of aryl methyl sites for hydroxylation is 2. The maximum absolute atomic E-state index is 13.1. The Bertz CT molecular complexity index is 1290. The maximum atomic E-state index is 13.1. The molecule has 7 nitrogen and oxygen atoms in total. The second-order valence-corrected chi connectivity index (χ2v) is 8.09. The normalized spacial score (nSPS) is 19.8. The Morgan fingerprint density at radius 2 is 2.07 bits per heavy atom. The molecule has 148 valence electrons. The average molecular weight is 388 g/mol. The lowest BCUT2D eigenvalue weighted by Crippen LogP contribution is -2.40. The Hall–Kier alpha value is -3.06. The van der Waals surface area contributed by atoms with Crippen LogP contribution in [0, 0.1) is 13.8 Å². The molecule has 1 saturated heterocycles. The quantitative estimate of drug-likeness (QED) is 0.571. The summed E-state index contributed by atoms with van der Waals surface area (Å²) in [6, 6.07) is 8.45. The van der Waals surface area contributed by atoms with E-state index in [1.54, 1.807) is 10.9 Å². The van der Waals surface area contributed by atoms with E-state index in [1.165, 1.54) is 0 Å². The van der Waals surface area contributed by atoms with Crippen molar-refractivity contribution < 1.29 is 0 Å². The van der Waals surface area contributed by atoms with Gasteiger partial charge in [0.1, 0.15) is 0 Å². The van der Waals surface area contributed by atoms with Crippen LogP contribution in [-0.2, 0) is 0 Å². The van der Waals surface area contributed by atoms with E-state index < -0.39 is 0 Å². The molecule has 0 unspecified atom stereocenters. The van der Waals surface area contributed by atoms with Crippen molar-refractivity contribution in [2.45, 2.75) is 45.7 Å². The van der Waals surface area contributed by atoms with E-state index in [4.69, 9.17) is 5.10 Å². The molecule has 4 heterocycles. The minimum atomic E-state index is -0.0158. The fraction of sp³-hybridized carbons (Fsp3) is 0.364. The number of piperidine rings is 1. The Labute approximate surface area is 168 Å². The summed E-state index contributed by atoms with van der Waals surface area (Å²) >= 11 is 0. The zero-order valence-electron chi connectivity index (χ0n) is 16.9. The van der Waals surface area contributed by atoms with E-state index in [0.717, 1.165) is 52.9 Å². The fourth-order valence-corrected chi connectivity index (χ4v) is 4.30. The predicted octanol–water partition coefficient (Wildman–Crippen LogP) is 3.04. The van der Waals surface area contributed by atoms with Gasteiger partial charge in [-0.3, -0.25) is 4.79 Å². The summed E-state index contributed by atoms with van der Waals surface area (Å²) < 4.78 is 3.49. The molecule has 1 aliphatic heterocycles. The Morgan fingerprint density at radius 3 is 2.90 bits per heavy atom. The Balaban J connectivity index is 1.58. The molecule has 4 aromatic rings. The van der Waals surface area contributed by atoms with Crippen molar-refractivity contribution in [3.63, 3.8) is 0 Å². The zero-order valence-corrected chi connectivity index (χ0v) is 16.9. The maximum Gasteiger partial charge on any atom is 0.274 e. The molecule has 3 aromatic heterocycles. The van der Waals surface area contributed by atoms with Gasteiger partial charge in [0.05, 0.1) is 35.2 Å². The summed E-state index contributed by atoms with van der Waals surface area (Å²) in [5.74, 6) is 0. The van der Waals surface area contributed by atoms with Crippen molar-refractivity contribution in [1.82, 2.24) is 29.7 Å². The lowest BCUT2D eigenvalue weighted by atomic mass is 10.0. The summed E-state index contributed by atoms with van der Waals surface area (Å²) in [4.78, 5) is 17.6. The lowest BCUT2D eigenvalue weighted by Gasteiger charge is -2.28. The molecule has 0 amide bonds. The van der Waals surface area contributed by atoms with E-state index in [2.05, 4.69) is 22.3 Å². The van der Waals surface area contributed by atoms with E-state index in [1.807, 2.05) is 48.8 Å². The first-order valence-corrected chi connectivity index (χ1v) is 10.1. The topological polar surface area (TPSA) is 77.1 Å². The average Bonchev–Trinajstić information content (AvgIpc) is 3.09. The van der Waals surface area contributed by atoms with Gasteiger partial charge in [-0.2, -0.15) is 10.2 Å². The van der Waals surface area contributed by atoms with Crippen LogP contribution in [0.1, 0.15) is 37.1 Å². The first-order chi connectivity index (χ1) is 14.0. The number of rotatable bonds is 2. The molecule has 29 heavy (non-hydrogen) atoms. The van der Waals surface area contributed by atoms with Gasteiger partial charge in [-0.05, 0) is 63.9 Å². The number of nitrogens with one attached hydrogen (secondary N) is 1. The number of imidazole rings is 1. The van der Waals surface area contributed by atoms with Crippen LogP contribution in [0.25, 0.3) is 27.7 Å². The molecular weight excluding hydrogens is 364 g/mol. The van der Waals surface area contributed by atoms with E-state index >= 15 is 0 Å². The Morgan fingerprint density at radius 1 is 1.21 bits per heavy atom. The lowest BCUT2D eigenvalue weighted by molar-refractivity contribution is 0.288. The molecule has 1 aliphatic rings. The molecule has 7 heteroatoms. The third-order valence-corrected chi connectivity index (χ3v) is 5.78. The number of benzene rings is 1. The SMILES string of the molecule is Cc1cn2nc(-c3ccc4c(=O)n([C@H]5CCN[C@@H](C)C5)ncc4c3)cc(C)c2n1. The fourth-order valence-electron chi connectivity index (χ4n) is 4.30. The highest BCUT2D eigenvalue weighted by Crippen LogP contribution is 2.25. The van der Waals surface area contributed by atoms with Crippen molar-refractivity contribution >= 4 is 16.4 Å². The standard InChI is InChI=1S/C22H24N6O/c1-13-8-20(26-27-12-15(3)25-21(13)27)16-4-5-19-17(10-16)11-24-28(22(19)29)18-6-7-23-14(2)9-18/h4-5,8,10-12,14,18,23H,6-7,9H2,1-3H3/t14-,18-/m0/s1. The third-order valence-electron chi connectivity index (χ3n) is 5.78. The van der Waals surface area contributed by atoms with Gasteiger partial charge in [-0.15, -0.1) is 0 Å². The monoisotopic (exact) mass is 388 g/mol. The summed E-state index contributed by atoms with van der Waals surface area (Å²) in [5, 5.41) is 14.2. The third kappa shape index (κ3) is 3.11. The van der Waals surface area contributed by atoms with Gasteiger partial charge in [0, 0.05) is 17.0 Å². The highest BCUT2D eigenvalue weighted by atomic mass is 16.1. The van der Waals surface area contributed by atoms with Crippen LogP contribution in [-0.4, -0.2) is 37.0 Å². The molecule has 0 radical (unpaired) electrons. The molecule has 1 N–H and O–H groups in total. The van der Waals surface area contributed by atoms with Crippen LogP contribution >= 0.6 is 0 Å². The van der Waals surface area contributed by atoms with Crippen molar-refractivity contribution in [3.8, 4) is 11.3 Å². The van der Waals surface area contributed by atoms with Gasteiger partial charge in [-0.25, -0.2) is 14.2 Å². The van der Waals surface area contributed by atoms with Crippen LogP contribution in [0.15, 0.2) is 41.5 Å². The number of aromatic nitrogens is 5. The van der Waals surface area contributed by atoms with E-state index in [0.29, 0.717) is 11.4 Å². The smallest absolute Gasteiger partial charge is 0.274 e. The Kier molecular flexibility index (Phi) is 4.20. The zero-order chi connectivity index (χ0) is 20.1. The van der Waals surface area contributed by atoms with Crippen molar-refractivity contribution in [2.75, 3.05) is 6.54 Å². The van der Waals surface area contributed by atoms with Crippen LogP contribution in [0.3, 0.4) is 0 Å². The molecule has 1 aromatic carbocycles. The van der Waals surface area contributed by atoms with Gasteiger partial charge < -0.3 is 5.32 Å². The molecule has 0 aliphatic carbocycles. The first-order valence-electron chi connectivity index (χ1n) is 10.1. The molecule has 0 bridgehead atoms. The highest BCUT2D eigenvalue weighted by molar-refractivity contribution is 5.85. The molecule has 1 fully saturated rings. The predicted molar refractivity (Wildman–Crippen MR) is 113 cm³/mol. The minimum absolute atomic E-state index is 0.0158. The second-order valence-electron chi connectivity index (χ2n) is 8.09. The second kappa shape index (κ2) is 6.77. The van der Waals surface area contributed by atoms with Gasteiger partial charge in [0.25, 0.3) is 5.56 Å². The molecule has 5 rings (SSSR count). The largest absolute Gasteiger partial charge is 0.314 e.